The monoisotopic (exact) mass is 278 g/mol. The maximum atomic E-state index is 13.6. The summed E-state index contributed by atoms with van der Waals surface area (Å²) in [5.41, 5.74) is 6.03. The van der Waals surface area contributed by atoms with Crippen molar-refractivity contribution in [3.8, 4) is 0 Å². The summed E-state index contributed by atoms with van der Waals surface area (Å²) in [5, 5.41) is 0. The van der Waals surface area contributed by atoms with E-state index in [0.717, 1.165) is 12.3 Å². The number of rotatable bonds is 5. The van der Waals surface area contributed by atoms with Crippen LogP contribution in [-0.2, 0) is 9.53 Å². The molecular weight excluding hydrogens is 263 g/mol. The molecule has 0 saturated heterocycles. The zero-order valence-electron chi connectivity index (χ0n) is 11.2. The minimum Gasteiger partial charge on any atom is -0.465 e. The summed E-state index contributed by atoms with van der Waals surface area (Å²) in [5.74, 6) is -1.31. The molecule has 1 aromatic carbocycles. The number of halogens is 1. The molecule has 0 radical (unpaired) electrons. The molecular formula is C14H15FN2O3. The van der Waals surface area contributed by atoms with Crippen LogP contribution < -0.4 is 5.73 Å². The first kappa shape index (κ1) is 15.6. The highest BCUT2D eigenvalue weighted by atomic mass is 19.1. The minimum atomic E-state index is -0.675. The molecule has 0 unspecified atom stereocenters. The van der Waals surface area contributed by atoms with Gasteiger partial charge < -0.3 is 10.5 Å². The molecule has 0 aliphatic rings. The van der Waals surface area contributed by atoms with Crippen LogP contribution in [0.4, 0.5) is 4.39 Å². The van der Waals surface area contributed by atoms with Gasteiger partial charge in [-0.3, -0.25) is 9.79 Å². The van der Waals surface area contributed by atoms with Gasteiger partial charge in [0.05, 0.1) is 24.0 Å². The van der Waals surface area contributed by atoms with Gasteiger partial charge in [0.2, 0.25) is 0 Å². The topological polar surface area (TPSA) is 81.8 Å². The lowest BCUT2D eigenvalue weighted by Crippen LogP contribution is -2.12. The molecule has 0 atom stereocenters. The Morgan fingerprint density at radius 1 is 1.40 bits per heavy atom. The van der Waals surface area contributed by atoms with E-state index in [1.165, 1.54) is 19.2 Å². The van der Waals surface area contributed by atoms with Crippen molar-refractivity contribution in [3.05, 3.63) is 46.9 Å². The Kier molecular flexibility index (Phi) is 5.58. The Morgan fingerprint density at radius 2 is 2.05 bits per heavy atom. The summed E-state index contributed by atoms with van der Waals surface area (Å²) in [6.07, 6.45) is 1.61. The summed E-state index contributed by atoms with van der Waals surface area (Å²) in [7, 11) is 1.20. The Morgan fingerprint density at radius 3 is 2.55 bits per heavy atom. The van der Waals surface area contributed by atoms with Gasteiger partial charge in [-0.05, 0) is 25.1 Å². The summed E-state index contributed by atoms with van der Waals surface area (Å²) in [6, 6.07) is 3.62. The van der Waals surface area contributed by atoms with Crippen LogP contribution in [0.15, 0.2) is 35.0 Å². The van der Waals surface area contributed by atoms with Gasteiger partial charge in [-0.15, -0.1) is 0 Å². The summed E-state index contributed by atoms with van der Waals surface area (Å²) in [4.78, 5) is 26.6. The zero-order chi connectivity index (χ0) is 15.1. The van der Waals surface area contributed by atoms with Crippen LogP contribution >= 0.6 is 0 Å². The number of hydrogen-bond donors (Lipinski definition) is 1. The molecule has 106 valence electrons. The molecule has 0 aliphatic carbocycles. The number of aliphatic imine (C=N–C) groups is 1. The first-order chi connectivity index (χ1) is 9.57. The van der Waals surface area contributed by atoms with Crippen molar-refractivity contribution in [2.75, 3.05) is 13.7 Å². The number of allylic oxidation sites excluding steroid dienone is 1. The summed E-state index contributed by atoms with van der Waals surface area (Å²) < 4.78 is 18.1. The summed E-state index contributed by atoms with van der Waals surface area (Å²) >= 11 is 0. The van der Waals surface area contributed by atoms with Crippen LogP contribution in [0, 0.1) is 5.82 Å². The van der Waals surface area contributed by atoms with Gasteiger partial charge in [0.15, 0.2) is 6.29 Å². The highest BCUT2D eigenvalue weighted by Crippen LogP contribution is 2.14. The number of aldehydes is 1. The van der Waals surface area contributed by atoms with Crippen molar-refractivity contribution in [1.82, 2.24) is 0 Å². The second kappa shape index (κ2) is 7.18. The molecule has 0 aliphatic heterocycles. The maximum Gasteiger partial charge on any atom is 0.337 e. The van der Waals surface area contributed by atoms with Crippen LogP contribution in [0.3, 0.4) is 0 Å². The molecule has 2 N–H and O–H groups in total. The van der Waals surface area contributed by atoms with E-state index in [1.54, 1.807) is 6.92 Å². The van der Waals surface area contributed by atoms with Crippen molar-refractivity contribution >= 4 is 18.0 Å². The Bertz CT molecular complexity index is 580. The first-order valence-electron chi connectivity index (χ1n) is 5.88. The number of benzene rings is 1. The predicted molar refractivity (Wildman–Crippen MR) is 73.2 cm³/mol. The average molecular weight is 278 g/mol. The molecule has 5 nitrogen and oxygen atoms in total. The van der Waals surface area contributed by atoms with Gasteiger partial charge in [-0.2, -0.15) is 0 Å². The molecule has 20 heavy (non-hydrogen) atoms. The molecule has 1 rings (SSSR count). The number of ether oxygens (including phenoxy) is 1. The van der Waals surface area contributed by atoms with E-state index in [1.807, 2.05) is 0 Å². The fraction of sp³-hybridized carbons (Fsp3) is 0.214. The molecule has 6 heteroatoms. The Hall–Kier alpha value is -2.50. The smallest absolute Gasteiger partial charge is 0.337 e. The van der Waals surface area contributed by atoms with Crippen LogP contribution in [0.2, 0.25) is 0 Å². The number of hydrogen-bond acceptors (Lipinski definition) is 5. The molecule has 1 aromatic rings. The standard InChI is InChI=1S/C14H15FN2O3/c1-3-17-13(11(7-16)8-18)9-4-10(14(19)20-2)6-12(15)5-9/h4-8H,3,16H2,1-2H3. The second-order valence-corrected chi connectivity index (χ2v) is 3.78. The van der Waals surface area contributed by atoms with Gasteiger partial charge in [0.25, 0.3) is 0 Å². The highest BCUT2D eigenvalue weighted by Gasteiger charge is 2.14. The van der Waals surface area contributed by atoms with E-state index in [2.05, 4.69) is 9.73 Å². The molecule has 0 amide bonds. The van der Waals surface area contributed by atoms with Gasteiger partial charge >= 0.3 is 5.97 Å². The molecule has 0 bridgehead atoms. The van der Waals surface area contributed by atoms with Crippen molar-refractivity contribution in [2.24, 2.45) is 10.7 Å². The van der Waals surface area contributed by atoms with E-state index >= 15 is 0 Å². The number of carbonyl (C=O) groups is 2. The van der Waals surface area contributed by atoms with Crippen molar-refractivity contribution < 1.29 is 18.7 Å². The second-order valence-electron chi connectivity index (χ2n) is 3.78. The van der Waals surface area contributed by atoms with E-state index < -0.39 is 11.8 Å². The Balaban J connectivity index is 3.42. The van der Waals surface area contributed by atoms with Crippen LogP contribution in [0.1, 0.15) is 22.8 Å². The Labute approximate surface area is 115 Å². The minimum absolute atomic E-state index is 0.0357. The molecule has 0 fully saturated rings. The third kappa shape index (κ3) is 3.50. The lowest BCUT2D eigenvalue weighted by Gasteiger charge is -2.08. The van der Waals surface area contributed by atoms with E-state index in [0.29, 0.717) is 12.8 Å². The lowest BCUT2D eigenvalue weighted by atomic mass is 10.0. The number of nitrogens with zero attached hydrogens (tertiary/aromatic N) is 1. The fourth-order valence-electron chi connectivity index (χ4n) is 1.64. The SMILES string of the molecule is CCN=C(C(C=O)=CN)c1cc(F)cc(C(=O)OC)c1. The molecule has 0 heterocycles. The van der Waals surface area contributed by atoms with Gasteiger partial charge in [0.1, 0.15) is 5.82 Å². The van der Waals surface area contributed by atoms with Crippen molar-refractivity contribution in [3.63, 3.8) is 0 Å². The van der Waals surface area contributed by atoms with E-state index in [-0.39, 0.29) is 22.4 Å². The van der Waals surface area contributed by atoms with Crippen LogP contribution in [0.25, 0.3) is 0 Å². The molecule has 0 spiro atoms. The predicted octanol–water partition coefficient (Wildman–Crippen LogP) is 1.46. The third-order valence-corrected chi connectivity index (χ3v) is 2.49. The zero-order valence-corrected chi connectivity index (χ0v) is 11.2. The number of esters is 1. The van der Waals surface area contributed by atoms with Crippen molar-refractivity contribution in [2.45, 2.75) is 6.92 Å². The first-order valence-corrected chi connectivity index (χ1v) is 5.88. The highest BCUT2D eigenvalue weighted by molar-refractivity contribution is 6.23. The van der Waals surface area contributed by atoms with Crippen LogP contribution in [0.5, 0.6) is 0 Å². The normalized spacial score (nSPS) is 12.2. The number of nitrogens with two attached hydrogens (primary N) is 1. The number of methoxy groups -OCH3 is 1. The fourth-order valence-corrected chi connectivity index (χ4v) is 1.64. The molecule has 0 saturated carbocycles. The quantitative estimate of drug-likeness (QED) is 0.382. The number of carbonyl (C=O) groups excluding carboxylic acids is 2. The lowest BCUT2D eigenvalue weighted by molar-refractivity contribution is -0.104. The third-order valence-electron chi connectivity index (χ3n) is 2.49. The van der Waals surface area contributed by atoms with E-state index in [9.17, 15) is 14.0 Å². The van der Waals surface area contributed by atoms with E-state index in [4.69, 9.17) is 5.73 Å². The van der Waals surface area contributed by atoms with Gasteiger partial charge in [-0.1, -0.05) is 0 Å². The van der Waals surface area contributed by atoms with Crippen LogP contribution in [-0.4, -0.2) is 31.6 Å². The average Bonchev–Trinajstić information content (AvgIpc) is 2.46. The van der Waals surface area contributed by atoms with Gasteiger partial charge in [-0.25, -0.2) is 9.18 Å². The largest absolute Gasteiger partial charge is 0.465 e. The van der Waals surface area contributed by atoms with Crippen molar-refractivity contribution in [1.29, 1.82) is 0 Å². The van der Waals surface area contributed by atoms with Gasteiger partial charge in [0, 0.05) is 18.3 Å². The summed E-state index contributed by atoms with van der Waals surface area (Å²) in [6.45, 7) is 2.14. The molecule has 0 aromatic heterocycles. The maximum absolute atomic E-state index is 13.6.